The Morgan fingerprint density at radius 3 is 2.64 bits per heavy atom. The van der Waals surface area contributed by atoms with E-state index in [2.05, 4.69) is 10.4 Å². The minimum atomic E-state index is -0.126. The second kappa shape index (κ2) is 7.20. The van der Waals surface area contributed by atoms with Crippen LogP contribution in [0.5, 0.6) is 0 Å². The number of halogens is 1. The van der Waals surface area contributed by atoms with E-state index in [-0.39, 0.29) is 5.91 Å². The Morgan fingerprint density at radius 1 is 1.04 bits per heavy atom. The highest BCUT2D eigenvalue weighted by atomic mass is 35.5. The number of hydrogen-bond donors (Lipinski definition) is 1. The second-order valence-electron chi connectivity index (χ2n) is 6.14. The van der Waals surface area contributed by atoms with E-state index >= 15 is 0 Å². The number of fused-ring (bicyclic) bond motifs is 2. The molecule has 1 N–H and O–H groups in total. The molecule has 128 valence electrons. The summed E-state index contributed by atoms with van der Waals surface area (Å²) in [5.74, 6) is -0.126. The average Bonchev–Trinajstić information content (AvgIpc) is 2.78. The van der Waals surface area contributed by atoms with E-state index in [0.29, 0.717) is 16.4 Å². The molecule has 0 unspecified atom stereocenters. The van der Waals surface area contributed by atoms with Crippen molar-refractivity contribution in [1.29, 1.82) is 0 Å². The number of para-hydroxylation sites is 1. The highest BCUT2D eigenvalue weighted by Crippen LogP contribution is 2.42. The fourth-order valence-electron chi connectivity index (χ4n) is 3.12. The number of rotatable bonds is 2. The zero-order chi connectivity index (χ0) is 17.2. The van der Waals surface area contributed by atoms with Gasteiger partial charge in [0.1, 0.15) is 5.17 Å². The monoisotopic (exact) mass is 371 g/mol. The first kappa shape index (κ1) is 16.6. The predicted molar refractivity (Wildman–Crippen MR) is 102 cm³/mol. The molecule has 1 saturated heterocycles. The van der Waals surface area contributed by atoms with Crippen molar-refractivity contribution in [3.05, 3.63) is 53.6 Å². The molecule has 0 aromatic heterocycles. The van der Waals surface area contributed by atoms with Gasteiger partial charge in [0.15, 0.2) is 0 Å². The topological polar surface area (TPSA) is 44.7 Å². The Hall–Kier alpha value is -1.82. The molecule has 0 spiro atoms. The summed E-state index contributed by atoms with van der Waals surface area (Å²) >= 11 is 8.03. The van der Waals surface area contributed by atoms with Gasteiger partial charge in [0.25, 0.3) is 5.91 Å². The Labute approximate surface area is 156 Å². The zero-order valence-corrected chi connectivity index (χ0v) is 15.2. The molecule has 2 aliphatic rings. The molecule has 4 rings (SSSR count). The van der Waals surface area contributed by atoms with E-state index in [9.17, 15) is 4.79 Å². The van der Waals surface area contributed by atoms with E-state index in [1.54, 1.807) is 11.8 Å². The van der Waals surface area contributed by atoms with Crippen LogP contribution in [0.25, 0.3) is 0 Å². The Balaban J connectivity index is 1.69. The highest BCUT2D eigenvalue weighted by Gasteiger charge is 2.22. The number of aliphatic imine (C=N–C) groups is 1. The van der Waals surface area contributed by atoms with Gasteiger partial charge in [0.2, 0.25) is 0 Å². The van der Waals surface area contributed by atoms with Crippen molar-refractivity contribution in [3.8, 4) is 0 Å². The summed E-state index contributed by atoms with van der Waals surface area (Å²) in [4.78, 5) is 19.4. The smallest absolute Gasteiger partial charge is 0.267 e. The summed E-state index contributed by atoms with van der Waals surface area (Å²) in [5.41, 5.74) is 5.11. The standard InChI is InChI=1S/C19H18ClN3OS/c20-18-13-7-2-3-9-15(13)25-16-10-6-8-14(17(16)21-18)19(24)22-23-11-4-1-5-12-23/h2-3,6-10H,1,4-5,11-12H2,(H,22,24). The van der Waals surface area contributed by atoms with Crippen LogP contribution in [0.15, 0.2) is 57.2 Å². The number of nitrogens with zero attached hydrogens (tertiary/aromatic N) is 2. The lowest BCUT2D eigenvalue weighted by atomic mass is 10.1. The molecule has 4 nitrogen and oxygen atoms in total. The highest BCUT2D eigenvalue weighted by molar-refractivity contribution is 7.99. The molecule has 2 heterocycles. The van der Waals surface area contributed by atoms with Crippen LogP contribution in [-0.2, 0) is 0 Å². The summed E-state index contributed by atoms with van der Waals surface area (Å²) < 4.78 is 0. The molecular weight excluding hydrogens is 354 g/mol. The van der Waals surface area contributed by atoms with Crippen LogP contribution in [0.3, 0.4) is 0 Å². The number of amides is 1. The molecule has 0 atom stereocenters. The van der Waals surface area contributed by atoms with Gasteiger partial charge in [-0.05, 0) is 31.0 Å². The maximum absolute atomic E-state index is 12.8. The summed E-state index contributed by atoms with van der Waals surface area (Å²) in [6.07, 6.45) is 3.45. The van der Waals surface area contributed by atoms with E-state index < -0.39 is 0 Å². The van der Waals surface area contributed by atoms with Gasteiger partial charge >= 0.3 is 0 Å². The Bertz CT molecular complexity index is 846. The minimum Gasteiger partial charge on any atom is -0.285 e. The first-order valence-electron chi connectivity index (χ1n) is 8.43. The predicted octanol–water partition coefficient (Wildman–Crippen LogP) is 4.60. The molecule has 2 aromatic carbocycles. The number of piperidine rings is 1. The van der Waals surface area contributed by atoms with Crippen LogP contribution in [0.1, 0.15) is 35.2 Å². The number of nitrogens with one attached hydrogen (secondary N) is 1. The van der Waals surface area contributed by atoms with Crippen molar-refractivity contribution in [2.75, 3.05) is 13.1 Å². The molecule has 1 fully saturated rings. The van der Waals surface area contributed by atoms with Crippen molar-refractivity contribution in [2.24, 2.45) is 4.99 Å². The molecule has 0 radical (unpaired) electrons. The SMILES string of the molecule is O=C(NN1CCCCC1)c1cccc2c1N=C(Cl)c1ccccc1S2. The zero-order valence-electron chi connectivity index (χ0n) is 13.7. The number of carbonyl (C=O) groups excluding carboxylic acids is 1. The summed E-state index contributed by atoms with van der Waals surface area (Å²) in [6, 6.07) is 13.6. The van der Waals surface area contributed by atoms with Crippen molar-refractivity contribution in [1.82, 2.24) is 10.4 Å². The van der Waals surface area contributed by atoms with Crippen LogP contribution in [0, 0.1) is 0 Å². The largest absolute Gasteiger partial charge is 0.285 e. The maximum atomic E-state index is 12.8. The molecule has 25 heavy (non-hydrogen) atoms. The second-order valence-corrected chi connectivity index (χ2v) is 7.58. The third-order valence-electron chi connectivity index (χ3n) is 4.40. The van der Waals surface area contributed by atoms with Gasteiger partial charge in [-0.2, -0.15) is 0 Å². The van der Waals surface area contributed by atoms with Gasteiger partial charge < -0.3 is 0 Å². The molecule has 0 bridgehead atoms. The first-order chi connectivity index (χ1) is 12.2. The van der Waals surface area contributed by atoms with Gasteiger partial charge in [0.05, 0.1) is 11.3 Å². The summed E-state index contributed by atoms with van der Waals surface area (Å²) in [6.45, 7) is 1.79. The number of hydrogen-bond acceptors (Lipinski definition) is 4. The molecule has 2 aliphatic heterocycles. The van der Waals surface area contributed by atoms with Gasteiger partial charge in [-0.3, -0.25) is 10.2 Å². The van der Waals surface area contributed by atoms with Crippen LogP contribution in [-0.4, -0.2) is 29.2 Å². The number of hydrazine groups is 1. The van der Waals surface area contributed by atoms with Gasteiger partial charge in [-0.1, -0.05) is 54.0 Å². The summed E-state index contributed by atoms with van der Waals surface area (Å²) in [5, 5.41) is 2.41. The maximum Gasteiger partial charge on any atom is 0.267 e. The minimum absolute atomic E-state index is 0.126. The Morgan fingerprint density at radius 2 is 1.80 bits per heavy atom. The van der Waals surface area contributed by atoms with Crippen molar-refractivity contribution >= 4 is 40.1 Å². The fraction of sp³-hybridized carbons (Fsp3) is 0.263. The average molecular weight is 372 g/mol. The van der Waals surface area contributed by atoms with Crippen molar-refractivity contribution in [2.45, 2.75) is 29.1 Å². The van der Waals surface area contributed by atoms with E-state index in [0.717, 1.165) is 41.3 Å². The molecular formula is C19H18ClN3OS. The van der Waals surface area contributed by atoms with Gasteiger partial charge in [-0.25, -0.2) is 10.0 Å². The van der Waals surface area contributed by atoms with Gasteiger partial charge in [0, 0.05) is 28.4 Å². The summed E-state index contributed by atoms with van der Waals surface area (Å²) in [7, 11) is 0. The third-order valence-corrected chi connectivity index (χ3v) is 5.81. The number of carbonyl (C=O) groups is 1. The molecule has 1 amide bonds. The normalized spacial score (nSPS) is 17.1. The van der Waals surface area contributed by atoms with E-state index in [1.807, 2.05) is 47.5 Å². The molecule has 2 aromatic rings. The lowest BCUT2D eigenvalue weighted by molar-refractivity contribution is 0.0750. The lowest BCUT2D eigenvalue weighted by Gasteiger charge is -2.27. The van der Waals surface area contributed by atoms with E-state index in [4.69, 9.17) is 11.6 Å². The van der Waals surface area contributed by atoms with Crippen LogP contribution >= 0.6 is 23.4 Å². The first-order valence-corrected chi connectivity index (χ1v) is 9.62. The Kier molecular flexibility index (Phi) is 4.79. The lowest BCUT2D eigenvalue weighted by Crippen LogP contribution is -2.45. The van der Waals surface area contributed by atoms with Gasteiger partial charge in [-0.15, -0.1) is 0 Å². The van der Waals surface area contributed by atoms with Crippen LogP contribution in [0.4, 0.5) is 5.69 Å². The number of benzene rings is 2. The molecule has 0 saturated carbocycles. The van der Waals surface area contributed by atoms with Crippen molar-refractivity contribution < 1.29 is 4.79 Å². The van der Waals surface area contributed by atoms with Crippen LogP contribution < -0.4 is 5.43 Å². The van der Waals surface area contributed by atoms with Crippen LogP contribution in [0.2, 0.25) is 0 Å². The fourth-order valence-corrected chi connectivity index (χ4v) is 4.48. The third kappa shape index (κ3) is 3.45. The quantitative estimate of drug-likeness (QED) is 0.839. The molecule has 0 aliphatic carbocycles. The van der Waals surface area contributed by atoms with E-state index in [1.165, 1.54) is 6.42 Å². The van der Waals surface area contributed by atoms with Crippen molar-refractivity contribution in [3.63, 3.8) is 0 Å². The molecule has 6 heteroatoms.